The van der Waals surface area contributed by atoms with Crippen LogP contribution in [0.3, 0.4) is 0 Å². The highest BCUT2D eigenvalue weighted by atomic mass is 79.9. The van der Waals surface area contributed by atoms with Gasteiger partial charge in [-0.05, 0) is 49.1 Å². The second-order valence-electron chi connectivity index (χ2n) is 3.87. The average molecular weight is 424 g/mol. The molecule has 0 radical (unpaired) electrons. The lowest BCUT2D eigenvalue weighted by Crippen LogP contribution is -2.21. The van der Waals surface area contributed by atoms with E-state index in [2.05, 4.69) is 37.2 Å². The third-order valence-electron chi connectivity index (χ3n) is 2.47. The van der Waals surface area contributed by atoms with Crippen molar-refractivity contribution in [2.24, 2.45) is 0 Å². The second kappa shape index (κ2) is 6.88. The Morgan fingerprint density at radius 2 is 2.00 bits per heavy atom. The van der Waals surface area contributed by atoms with Crippen LogP contribution in [0.5, 0.6) is 0 Å². The molecule has 0 spiro atoms. The minimum absolute atomic E-state index is 0.0762. The van der Waals surface area contributed by atoms with E-state index in [0.717, 1.165) is 19.4 Å². The first kappa shape index (κ1) is 15.0. The van der Waals surface area contributed by atoms with Crippen molar-refractivity contribution in [2.45, 2.75) is 12.4 Å². The van der Waals surface area contributed by atoms with Gasteiger partial charge in [0.2, 0.25) is 0 Å². The van der Waals surface area contributed by atoms with Crippen molar-refractivity contribution in [3.05, 3.63) is 54.6 Å². The monoisotopic (exact) mass is 421 g/mol. The molecule has 0 saturated heterocycles. The van der Waals surface area contributed by atoms with E-state index in [1.54, 1.807) is 6.07 Å². The topological polar surface area (TPSA) is 29.1 Å². The minimum atomic E-state index is -0.0762. The molecular weight excluding hydrogens is 413 g/mol. The highest BCUT2D eigenvalue weighted by Gasteiger charge is 2.11. The van der Waals surface area contributed by atoms with E-state index in [-0.39, 0.29) is 5.91 Å². The zero-order valence-corrected chi connectivity index (χ0v) is 14.5. The van der Waals surface area contributed by atoms with Crippen LogP contribution in [0.25, 0.3) is 0 Å². The van der Waals surface area contributed by atoms with Gasteiger partial charge in [0.25, 0.3) is 5.91 Å². The van der Waals surface area contributed by atoms with Gasteiger partial charge in [-0.2, -0.15) is 0 Å². The Hall–Kier alpha value is -0.360. The first-order valence-electron chi connectivity index (χ1n) is 5.47. The van der Waals surface area contributed by atoms with Gasteiger partial charge in [0.1, 0.15) is 0 Å². The Bertz CT molecular complexity index is 581. The number of carbonyl (C=O) groups is 1. The molecule has 0 unspecified atom stereocenters. The third-order valence-corrected chi connectivity index (χ3v) is 6.03. The Morgan fingerprint density at radius 1 is 1.26 bits per heavy atom. The smallest absolute Gasteiger partial charge is 0.261 e. The van der Waals surface area contributed by atoms with Gasteiger partial charge in [-0.3, -0.25) is 4.79 Å². The van der Waals surface area contributed by atoms with E-state index in [1.165, 1.54) is 11.3 Å². The first-order chi connectivity index (χ1) is 9.10. The van der Waals surface area contributed by atoms with Crippen LogP contribution >= 0.6 is 54.8 Å². The lowest BCUT2D eigenvalue weighted by atomic mass is 10.1. The number of rotatable bonds is 4. The van der Waals surface area contributed by atoms with Crippen molar-refractivity contribution in [3.8, 4) is 0 Å². The SMILES string of the molecule is O=C(NCc1cccc(CCl)c1)c1cc(Br)c(Br)s1. The minimum Gasteiger partial charge on any atom is -0.347 e. The summed E-state index contributed by atoms with van der Waals surface area (Å²) in [6.07, 6.45) is 0. The largest absolute Gasteiger partial charge is 0.347 e. The summed E-state index contributed by atoms with van der Waals surface area (Å²) in [7, 11) is 0. The molecule has 0 atom stereocenters. The zero-order chi connectivity index (χ0) is 13.8. The summed E-state index contributed by atoms with van der Waals surface area (Å²) in [5.74, 6) is 0.403. The molecule has 2 nitrogen and oxygen atoms in total. The summed E-state index contributed by atoms with van der Waals surface area (Å²) in [6.45, 7) is 0.497. The average Bonchev–Trinajstić information content (AvgIpc) is 2.76. The van der Waals surface area contributed by atoms with Gasteiger partial charge in [0.05, 0.1) is 8.66 Å². The lowest BCUT2D eigenvalue weighted by Gasteiger charge is -2.05. The highest BCUT2D eigenvalue weighted by molar-refractivity contribution is 9.13. The molecule has 1 N–H and O–H groups in total. The number of alkyl halides is 1. The van der Waals surface area contributed by atoms with Gasteiger partial charge in [-0.1, -0.05) is 24.3 Å². The Balaban J connectivity index is 2.00. The Kier molecular flexibility index (Phi) is 5.45. The van der Waals surface area contributed by atoms with E-state index < -0.39 is 0 Å². The number of carbonyl (C=O) groups excluding carboxylic acids is 1. The standard InChI is InChI=1S/C13H10Br2ClNOS/c14-10-5-11(19-12(10)15)13(18)17-7-9-3-1-2-8(4-9)6-16/h1-5H,6-7H2,(H,17,18). The highest BCUT2D eigenvalue weighted by Crippen LogP contribution is 2.32. The van der Waals surface area contributed by atoms with Crippen LogP contribution in [0.2, 0.25) is 0 Å². The molecule has 1 aromatic carbocycles. The summed E-state index contributed by atoms with van der Waals surface area (Å²) in [5.41, 5.74) is 2.09. The Morgan fingerprint density at radius 3 is 2.63 bits per heavy atom. The summed E-state index contributed by atoms with van der Waals surface area (Å²) >= 11 is 13.9. The van der Waals surface area contributed by atoms with Crippen LogP contribution in [0.15, 0.2) is 38.6 Å². The number of hydrogen-bond acceptors (Lipinski definition) is 2. The maximum atomic E-state index is 12.0. The van der Waals surface area contributed by atoms with Crippen LogP contribution in [0.1, 0.15) is 20.8 Å². The number of halogens is 3. The number of thiophene rings is 1. The maximum Gasteiger partial charge on any atom is 0.261 e. The van der Waals surface area contributed by atoms with Crippen molar-refractivity contribution >= 4 is 60.7 Å². The molecule has 1 amide bonds. The van der Waals surface area contributed by atoms with Gasteiger partial charge in [-0.15, -0.1) is 22.9 Å². The molecule has 6 heteroatoms. The molecule has 19 heavy (non-hydrogen) atoms. The van der Waals surface area contributed by atoms with Crippen molar-refractivity contribution in [2.75, 3.05) is 0 Å². The number of nitrogens with one attached hydrogen (secondary N) is 1. The van der Waals surface area contributed by atoms with Crippen molar-refractivity contribution in [1.29, 1.82) is 0 Å². The van der Waals surface area contributed by atoms with Crippen LogP contribution in [-0.4, -0.2) is 5.91 Å². The molecule has 0 aliphatic carbocycles. The van der Waals surface area contributed by atoms with Crippen LogP contribution in [0, 0.1) is 0 Å². The second-order valence-corrected chi connectivity index (χ2v) is 7.36. The maximum absolute atomic E-state index is 12.0. The van der Waals surface area contributed by atoms with E-state index in [0.29, 0.717) is 17.3 Å². The molecule has 2 aromatic rings. The summed E-state index contributed by atoms with van der Waals surface area (Å²) < 4.78 is 1.81. The van der Waals surface area contributed by atoms with E-state index in [1.807, 2.05) is 24.3 Å². The van der Waals surface area contributed by atoms with Crippen molar-refractivity contribution < 1.29 is 4.79 Å². The molecule has 0 bridgehead atoms. The summed E-state index contributed by atoms with van der Waals surface area (Å²) in [4.78, 5) is 12.6. The van der Waals surface area contributed by atoms with Gasteiger partial charge < -0.3 is 5.32 Å². The predicted molar refractivity (Wildman–Crippen MR) is 86.9 cm³/mol. The quantitative estimate of drug-likeness (QED) is 0.694. The van der Waals surface area contributed by atoms with E-state index in [9.17, 15) is 4.79 Å². The Labute approximate surface area is 137 Å². The third kappa shape index (κ3) is 4.05. The van der Waals surface area contributed by atoms with E-state index in [4.69, 9.17) is 11.6 Å². The molecule has 1 aromatic heterocycles. The van der Waals surface area contributed by atoms with Gasteiger partial charge in [0.15, 0.2) is 0 Å². The van der Waals surface area contributed by atoms with Gasteiger partial charge >= 0.3 is 0 Å². The number of amides is 1. The molecule has 2 rings (SSSR count). The molecule has 1 heterocycles. The summed E-state index contributed by atoms with van der Waals surface area (Å²) in [6, 6.07) is 9.67. The van der Waals surface area contributed by atoms with Gasteiger partial charge in [0, 0.05) is 16.9 Å². The first-order valence-corrected chi connectivity index (χ1v) is 8.40. The van der Waals surface area contributed by atoms with Crippen LogP contribution < -0.4 is 5.32 Å². The van der Waals surface area contributed by atoms with Crippen LogP contribution in [0.4, 0.5) is 0 Å². The number of hydrogen-bond donors (Lipinski definition) is 1. The van der Waals surface area contributed by atoms with Gasteiger partial charge in [-0.25, -0.2) is 0 Å². The van der Waals surface area contributed by atoms with Crippen molar-refractivity contribution in [1.82, 2.24) is 5.32 Å². The molecular formula is C13H10Br2ClNOS. The van der Waals surface area contributed by atoms with Crippen LogP contribution in [-0.2, 0) is 12.4 Å². The molecule has 0 fully saturated rings. The zero-order valence-electron chi connectivity index (χ0n) is 9.75. The molecule has 0 saturated carbocycles. The fourth-order valence-electron chi connectivity index (χ4n) is 1.55. The lowest BCUT2D eigenvalue weighted by molar-refractivity contribution is 0.0955. The number of benzene rings is 1. The fraction of sp³-hybridized carbons (Fsp3) is 0.154. The fourth-order valence-corrected chi connectivity index (χ4v) is 3.67. The molecule has 0 aliphatic heterocycles. The normalized spacial score (nSPS) is 10.5. The molecule has 100 valence electrons. The molecule has 0 aliphatic rings. The van der Waals surface area contributed by atoms with Crippen molar-refractivity contribution in [3.63, 3.8) is 0 Å². The van der Waals surface area contributed by atoms with E-state index >= 15 is 0 Å². The summed E-state index contributed by atoms with van der Waals surface area (Å²) in [5, 5.41) is 2.89. The predicted octanol–water partition coefficient (Wildman–Crippen LogP) is 4.94.